The van der Waals surface area contributed by atoms with Crippen molar-refractivity contribution < 1.29 is 4.79 Å². The van der Waals surface area contributed by atoms with Crippen LogP contribution >= 0.6 is 11.3 Å². The summed E-state index contributed by atoms with van der Waals surface area (Å²) in [5.41, 5.74) is 0. The lowest BCUT2D eigenvalue weighted by Gasteiger charge is -2.21. The van der Waals surface area contributed by atoms with Crippen molar-refractivity contribution in [2.75, 3.05) is 18.4 Å². The Kier molecular flexibility index (Phi) is 5.07. The number of nitrogens with one attached hydrogen (secondary N) is 2. The molecule has 0 unspecified atom stereocenters. The maximum atomic E-state index is 11.8. The molecule has 0 spiro atoms. The average Bonchev–Trinajstić information content (AvgIpc) is 2.85. The molecule has 6 heteroatoms. The van der Waals surface area contributed by atoms with Crippen LogP contribution in [0.4, 0.5) is 5.13 Å². The number of piperidine rings is 1. The van der Waals surface area contributed by atoms with E-state index in [1.165, 1.54) is 24.2 Å². The Morgan fingerprint density at radius 1 is 1.44 bits per heavy atom. The van der Waals surface area contributed by atoms with Crippen LogP contribution in [0.5, 0.6) is 0 Å². The van der Waals surface area contributed by atoms with Crippen LogP contribution in [-0.2, 0) is 11.2 Å². The Morgan fingerprint density at radius 2 is 2.22 bits per heavy atom. The Labute approximate surface area is 111 Å². The minimum absolute atomic E-state index is 0.0623. The van der Waals surface area contributed by atoms with Crippen molar-refractivity contribution in [1.82, 2.24) is 15.5 Å². The molecular formula is C12H20N4OS. The SMILES string of the molecule is CCc1nnc(NC(=O)CCC2CCNCC2)s1. The van der Waals surface area contributed by atoms with Crippen LogP contribution in [0.2, 0.25) is 0 Å². The number of aryl methyl sites for hydroxylation is 1. The number of anilines is 1. The fourth-order valence-corrected chi connectivity index (χ4v) is 2.83. The summed E-state index contributed by atoms with van der Waals surface area (Å²) in [7, 11) is 0. The van der Waals surface area contributed by atoms with Gasteiger partial charge in [-0.3, -0.25) is 4.79 Å². The number of carbonyl (C=O) groups is 1. The molecule has 2 N–H and O–H groups in total. The zero-order chi connectivity index (χ0) is 12.8. The first-order valence-corrected chi connectivity index (χ1v) is 7.42. The fraction of sp³-hybridized carbons (Fsp3) is 0.750. The maximum absolute atomic E-state index is 11.8. The number of carbonyl (C=O) groups excluding carboxylic acids is 1. The zero-order valence-corrected chi connectivity index (χ0v) is 11.6. The Bertz CT molecular complexity index is 387. The van der Waals surface area contributed by atoms with Gasteiger partial charge in [0.1, 0.15) is 5.01 Å². The van der Waals surface area contributed by atoms with E-state index < -0.39 is 0 Å². The summed E-state index contributed by atoms with van der Waals surface area (Å²) in [5.74, 6) is 0.755. The third-order valence-corrected chi connectivity index (χ3v) is 4.24. The van der Waals surface area contributed by atoms with E-state index in [1.807, 2.05) is 6.92 Å². The molecule has 1 saturated heterocycles. The molecule has 0 radical (unpaired) electrons. The monoisotopic (exact) mass is 268 g/mol. The summed E-state index contributed by atoms with van der Waals surface area (Å²) in [6.45, 7) is 4.20. The van der Waals surface area contributed by atoms with Crippen LogP contribution in [0.15, 0.2) is 0 Å². The van der Waals surface area contributed by atoms with E-state index in [0.29, 0.717) is 17.5 Å². The van der Waals surface area contributed by atoms with E-state index in [2.05, 4.69) is 20.8 Å². The standard InChI is InChI=1S/C12H20N4OS/c1-2-11-15-16-12(18-11)14-10(17)4-3-9-5-7-13-8-6-9/h9,13H,2-8H2,1H3,(H,14,16,17). The number of hydrogen-bond acceptors (Lipinski definition) is 5. The van der Waals surface area contributed by atoms with Crippen LogP contribution in [0.3, 0.4) is 0 Å². The summed E-state index contributed by atoms with van der Waals surface area (Å²) >= 11 is 1.46. The van der Waals surface area contributed by atoms with Crippen molar-refractivity contribution >= 4 is 22.4 Å². The average molecular weight is 268 g/mol. The molecule has 2 rings (SSSR count). The van der Waals surface area contributed by atoms with Gasteiger partial charge in [-0.25, -0.2) is 0 Å². The molecule has 1 aromatic heterocycles. The largest absolute Gasteiger partial charge is 0.317 e. The number of aromatic nitrogens is 2. The summed E-state index contributed by atoms with van der Waals surface area (Å²) < 4.78 is 0. The molecule has 2 heterocycles. The van der Waals surface area contributed by atoms with Crippen LogP contribution in [0.25, 0.3) is 0 Å². The van der Waals surface area contributed by atoms with Gasteiger partial charge >= 0.3 is 0 Å². The predicted octanol–water partition coefficient (Wildman–Crippen LogP) is 1.82. The molecular weight excluding hydrogens is 248 g/mol. The van der Waals surface area contributed by atoms with Crippen LogP contribution in [0.1, 0.15) is 37.6 Å². The van der Waals surface area contributed by atoms with Crippen molar-refractivity contribution in [2.24, 2.45) is 5.92 Å². The van der Waals surface area contributed by atoms with Gasteiger partial charge in [0.2, 0.25) is 11.0 Å². The normalized spacial score (nSPS) is 16.7. The van der Waals surface area contributed by atoms with Crippen molar-refractivity contribution in [3.63, 3.8) is 0 Å². The van der Waals surface area contributed by atoms with Gasteiger partial charge < -0.3 is 10.6 Å². The van der Waals surface area contributed by atoms with Gasteiger partial charge in [0.25, 0.3) is 0 Å². The first kappa shape index (κ1) is 13.4. The maximum Gasteiger partial charge on any atom is 0.226 e. The van der Waals surface area contributed by atoms with Crippen LogP contribution in [0, 0.1) is 5.92 Å². The van der Waals surface area contributed by atoms with Crippen LogP contribution in [-0.4, -0.2) is 29.2 Å². The lowest BCUT2D eigenvalue weighted by atomic mass is 9.93. The van der Waals surface area contributed by atoms with E-state index >= 15 is 0 Å². The molecule has 1 amide bonds. The van der Waals surface area contributed by atoms with E-state index in [4.69, 9.17) is 0 Å². The Balaban J connectivity index is 1.71. The third-order valence-electron chi connectivity index (χ3n) is 3.25. The molecule has 18 heavy (non-hydrogen) atoms. The van der Waals surface area contributed by atoms with E-state index in [1.54, 1.807) is 0 Å². The van der Waals surface area contributed by atoms with Gasteiger partial charge in [0.15, 0.2) is 0 Å². The lowest BCUT2D eigenvalue weighted by molar-refractivity contribution is -0.116. The predicted molar refractivity (Wildman–Crippen MR) is 72.7 cm³/mol. The molecule has 1 fully saturated rings. The highest BCUT2D eigenvalue weighted by atomic mass is 32.1. The first-order chi connectivity index (χ1) is 8.78. The highest BCUT2D eigenvalue weighted by Crippen LogP contribution is 2.19. The second-order valence-electron chi connectivity index (χ2n) is 4.63. The topological polar surface area (TPSA) is 66.9 Å². The van der Waals surface area contributed by atoms with E-state index in [-0.39, 0.29) is 5.91 Å². The summed E-state index contributed by atoms with van der Waals surface area (Å²) in [5, 5.41) is 15.7. The molecule has 0 aromatic carbocycles. The highest BCUT2D eigenvalue weighted by Gasteiger charge is 2.15. The summed E-state index contributed by atoms with van der Waals surface area (Å²) in [4.78, 5) is 11.8. The molecule has 5 nitrogen and oxygen atoms in total. The molecule has 0 saturated carbocycles. The van der Waals surface area contributed by atoms with Crippen molar-refractivity contribution in [2.45, 2.75) is 39.0 Å². The first-order valence-electron chi connectivity index (χ1n) is 6.61. The van der Waals surface area contributed by atoms with E-state index in [9.17, 15) is 4.79 Å². The van der Waals surface area contributed by atoms with Gasteiger partial charge in [-0.05, 0) is 44.7 Å². The smallest absolute Gasteiger partial charge is 0.226 e. The van der Waals surface area contributed by atoms with Crippen molar-refractivity contribution in [3.8, 4) is 0 Å². The second-order valence-corrected chi connectivity index (χ2v) is 5.70. The fourth-order valence-electron chi connectivity index (χ4n) is 2.13. The van der Waals surface area contributed by atoms with Crippen molar-refractivity contribution in [1.29, 1.82) is 0 Å². The lowest BCUT2D eigenvalue weighted by Crippen LogP contribution is -2.28. The molecule has 100 valence electrons. The summed E-state index contributed by atoms with van der Waals surface area (Å²) in [6.07, 6.45) is 4.80. The number of rotatable bonds is 5. The third kappa shape index (κ3) is 4.03. The van der Waals surface area contributed by atoms with E-state index in [0.717, 1.165) is 30.9 Å². The number of amides is 1. The van der Waals surface area contributed by atoms with Gasteiger partial charge in [0.05, 0.1) is 0 Å². The van der Waals surface area contributed by atoms with Gasteiger partial charge in [-0.2, -0.15) is 0 Å². The molecule has 1 aliphatic rings. The molecule has 0 aliphatic carbocycles. The van der Waals surface area contributed by atoms with Gasteiger partial charge in [-0.15, -0.1) is 10.2 Å². The zero-order valence-electron chi connectivity index (χ0n) is 10.7. The van der Waals surface area contributed by atoms with Gasteiger partial charge in [-0.1, -0.05) is 18.3 Å². The highest BCUT2D eigenvalue weighted by molar-refractivity contribution is 7.15. The Morgan fingerprint density at radius 3 is 2.89 bits per heavy atom. The van der Waals surface area contributed by atoms with Crippen molar-refractivity contribution in [3.05, 3.63) is 5.01 Å². The Hall–Kier alpha value is -1.01. The minimum atomic E-state index is 0.0623. The number of hydrogen-bond donors (Lipinski definition) is 2. The molecule has 1 aliphatic heterocycles. The summed E-state index contributed by atoms with van der Waals surface area (Å²) in [6, 6.07) is 0. The molecule has 0 bridgehead atoms. The quantitative estimate of drug-likeness (QED) is 0.855. The van der Waals surface area contributed by atoms with Crippen LogP contribution < -0.4 is 10.6 Å². The number of nitrogens with zero attached hydrogens (tertiary/aromatic N) is 2. The minimum Gasteiger partial charge on any atom is -0.317 e. The molecule has 1 aromatic rings. The van der Waals surface area contributed by atoms with Gasteiger partial charge in [0, 0.05) is 6.42 Å². The second kappa shape index (κ2) is 6.80. The molecule has 0 atom stereocenters.